The quantitative estimate of drug-likeness (QED) is 0.669. The number of hydrogen-bond acceptors (Lipinski definition) is 5. The zero-order valence-electron chi connectivity index (χ0n) is 18.3. The number of hydrogen-bond donors (Lipinski definition) is 1. The number of carbonyl (C=O) groups excluding carboxylic acids is 1. The number of rotatable bonds is 7. The zero-order chi connectivity index (χ0) is 22.4. The van der Waals surface area contributed by atoms with Crippen molar-refractivity contribution in [3.05, 3.63) is 65.2 Å². The third kappa shape index (κ3) is 6.63. The van der Waals surface area contributed by atoms with Crippen LogP contribution >= 0.6 is 0 Å². The number of piperidine rings is 1. The predicted molar refractivity (Wildman–Crippen MR) is 125 cm³/mol. The van der Waals surface area contributed by atoms with E-state index in [2.05, 4.69) is 27.6 Å². The topological polar surface area (TPSA) is 82.1 Å². The van der Waals surface area contributed by atoms with Gasteiger partial charge in [0.05, 0.1) is 11.9 Å². The smallest absolute Gasteiger partial charge is 0.260 e. The van der Waals surface area contributed by atoms with Gasteiger partial charge in [0.25, 0.3) is 5.91 Å². The van der Waals surface area contributed by atoms with E-state index in [9.17, 15) is 13.2 Å². The molecule has 0 aromatic heterocycles. The van der Waals surface area contributed by atoms with Gasteiger partial charge in [0.2, 0.25) is 10.0 Å². The molecule has 1 aliphatic rings. The van der Waals surface area contributed by atoms with E-state index in [-0.39, 0.29) is 6.54 Å². The van der Waals surface area contributed by atoms with Gasteiger partial charge >= 0.3 is 0 Å². The average Bonchev–Trinajstić information content (AvgIpc) is 2.73. The molecule has 1 fully saturated rings. The first-order valence-corrected chi connectivity index (χ1v) is 12.2. The van der Waals surface area contributed by atoms with Crippen LogP contribution in [-0.4, -0.2) is 50.8 Å². The van der Waals surface area contributed by atoms with E-state index in [1.54, 1.807) is 6.07 Å². The van der Waals surface area contributed by atoms with Crippen LogP contribution in [0.5, 0.6) is 0 Å². The van der Waals surface area contributed by atoms with Gasteiger partial charge in [-0.2, -0.15) is 5.10 Å². The normalized spacial score (nSPS) is 14.9. The van der Waals surface area contributed by atoms with Crippen molar-refractivity contribution in [1.82, 2.24) is 10.3 Å². The number of carbonyl (C=O) groups is 1. The van der Waals surface area contributed by atoms with Crippen LogP contribution in [0.25, 0.3) is 0 Å². The molecule has 0 saturated carbocycles. The fourth-order valence-corrected chi connectivity index (χ4v) is 4.50. The summed E-state index contributed by atoms with van der Waals surface area (Å²) in [6, 6.07) is 15.9. The van der Waals surface area contributed by atoms with Crippen molar-refractivity contribution in [2.75, 3.05) is 30.2 Å². The Balaban J connectivity index is 1.57. The second-order valence-corrected chi connectivity index (χ2v) is 9.94. The first kappa shape index (κ1) is 23.0. The lowest BCUT2D eigenvalue weighted by Gasteiger charge is -2.27. The van der Waals surface area contributed by atoms with Gasteiger partial charge < -0.3 is 0 Å². The Morgan fingerprint density at radius 2 is 1.77 bits per heavy atom. The highest BCUT2D eigenvalue weighted by atomic mass is 32.2. The lowest BCUT2D eigenvalue weighted by Crippen LogP contribution is -2.40. The number of likely N-dealkylation sites (tertiary alicyclic amines) is 1. The maximum atomic E-state index is 12.5. The summed E-state index contributed by atoms with van der Waals surface area (Å²) in [6.45, 7) is 6.07. The molecule has 1 heterocycles. The number of nitrogens with zero attached hydrogens (tertiary/aromatic N) is 3. The number of sulfonamides is 1. The lowest BCUT2D eigenvalue weighted by atomic mass is 10.1. The molecular formula is C23H30N4O3S. The number of amides is 1. The van der Waals surface area contributed by atoms with Gasteiger partial charge in [0.15, 0.2) is 0 Å². The average molecular weight is 443 g/mol. The number of aryl methyl sites for hydroxylation is 2. The highest BCUT2D eigenvalue weighted by Crippen LogP contribution is 2.23. The van der Waals surface area contributed by atoms with Crippen molar-refractivity contribution in [2.45, 2.75) is 33.2 Å². The van der Waals surface area contributed by atoms with Crippen LogP contribution in [-0.2, 0) is 21.4 Å². The summed E-state index contributed by atoms with van der Waals surface area (Å²) in [4.78, 5) is 14.8. The van der Waals surface area contributed by atoms with Crippen molar-refractivity contribution >= 4 is 27.3 Å². The number of nitrogens with one attached hydrogen (secondary N) is 1. The molecule has 0 atom stereocenters. The minimum atomic E-state index is -3.62. The molecule has 1 amide bonds. The third-order valence-corrected chi connectivity index (χ3v) is 6.47. The summed E-state index contributed by atoms with van der Waals surface area (Å²) in [5.41, 5.74) is 6.99. The minimum Gasteiger partial charge on any atom is -0.298 e. The van der Waals surface area contributed by atoms with Gasteiger partial charge in [-0.1, -0.05) is 42.5 Å². The number of benzene rings is 2. The van der Waals surface area contributed by atoms with E-state index in [0.29, 0.717) is 5.69 Å². The molecular weight excluding hydrogens is 412 g/mol. The summed E-state index contributed by atoms with van der Waals surface area (Å²) in [7, 11) is -3.62. The van der Waals surface area contributed by atoms with E-state index in [4.69, 9.17) is 0 Å². The van der Waals surface area contributed by atoms with Gasteiger partial charge in [-0.25, -0.2) is 13.8 Å². The summed E-state index contributed by atoms with van der Waals surface area (Å²) in [6.07, 6.45) is 2.66. The Kier molecular flexibility index (Phi) is 7.46. The van der Waals surface area contributed by atoms with E-state index in [1.165, 1.54) is 5.56 Å². The van der Waals surface area contributed by atoms with Crippen LogP contribution < -0.4 is 9.73 Å². The molecule has 3 rings (SSSR count). The second-order valence-electron chi connectivity index (χ2n) is 8.03. The number of hydrazone groups is 1. The molecule has 0 spiro atoms. The Bertz CT molecular complexity index is 1040. The summed E-state index contributed by atoms with van der Waals surface area (Å²) >= 11 is 0. The first-order valence-electron chi connectivity index (χ1n) is 10.4. The Labute approximate surface area is 184 Å². The molecule has 166 valence electrons. The minimum absolute atomic E-state index is 0.306. The van der Waals surface area contributed by atoms with Crippen molar-refractivity contribution in [3.8, 4) is 0 Å². The summed E-state index contributed by atoms with van der Waals surface area (Å²) in [5, 5.41) is 4.26. The molecule has 31 heavy (non-hydrogen) atoms. The fourth-order valence-electron chi connectivity index (χ4n) is 3.60. The summed E-state index contributed by atoms with van der Waals surface area (Å²) in [5.74, 6) is -0.453. The Hall–Kier alpha value is -2.71. The van der Waals surface area contributed by atoms with Crippen LogP contribution in [0.3, 0.4) is 0 Å². The SMILES string of the molecule is Cc1ccc(C)c(N(CC(=O)NN=C2CCN(Cc3ccccc3)CC2)S(C)(=O)=O)c1. The zero-order valence-corrected chi connectivity index (χ0v) is 19.2. The van der Waals surface area contributed by atoms with Crippen LogP contribution in [0.1, 0.15) is 29.5 Å². The summed E-state index contributed by atoms with van der Waals surface area (Å²) < 4.78 is 25.8. The molecule has 1 aliphatic heterocycles. The van der Waals surface area contributed by atoms with E-state index < -0.39 is 15.9 Å². The van der Waals surface area contributed by atoms with Crippen LogP contribution in [0, 0.1) is 13.8 Å². The predicted octanol–water partition coefficient (Wildman–Crippen LogP) is 2.84. The second kappa shape index (κ2) is 10.1. The van der Waals surface area contributed by atoms with Crippen molar-refractivity contribution < 1.29 is 13.2 Å². The van der Waals surface area contributed by atoms with Crippen LogP contribution in [0.15, 0.2) is 53.6 Å². The maximum absolute atomic E-state index is 12.5. The van der Waals surface area contributed by atoms with Gasteiger partial charge in [0, 0.05) is 38.2 Å². The van der Waals surface area contributed by atoms with Crippen LogP contribution in [0.4, 0.5) is 5.69 Å². The van der Waals surface area contributed by atoms with Gasteiger partial charge in [0.1, 0.15) is 6.54 Å². The largest absolute Gasteiger partial charge is 0.298 e. The van der Waals surface area contributed by atoms with Crippen molar-refractivity contribution in [1.29, 1.82) is 0 Å². The van der Waals surface area contributed by atoms with E-state index >= 15 is 0 Å². The van der Waals surface area contributed by atoms with Gasteiger partial charge in [-0.15, -0.1) is 0 Å². The highest BCUT2D eigenvalue weighted by molar-refractivity contribution is 7.92. The highest BCUT2D eigenvalue weighted by Gasteiger charge is 2.23. The van der Waals surface area contributed by atoms with Crippen molar-refractivity contribution in [2.24, 2.45) is 5.10 Å². The number of anilines is 1. The molecule has 1 N–H and O–H groups in total. The standard InChI is InChI=1S/C23H30N4O3S/c1-18-9-10-19(2)22(15-18)27(31(3,29)30)17-23(28)25-24-21-11-13-26(14-12-21)16-20-7-5-4-6-8-20/h4-10,15H,11-14,16-17H2,1-3H3,(H,25,28). The third-order valence-electron chi connectivity index (χ3n) is 5.34. The molecule has 0 unspecified atom stereocenters. The molecule has 7 nitrogen and oxygen atoms in total. The maximum Gasteiger partial charge on any atom is 0.260 e. The monoisotopic (exact) mass is 442 g/mol. The molecule has 8 heteroatoms. The molecule has 0 aliphatic carbocycles. The molecule has 2 aromatic carbocycles. The Morgan fingerprint density at radius 3 is 2.42 bits per heavy atom. The molecule has 0 radical (unpaired) electrons. The van der Waals surface area contributed by atoms with Gasteiger partial charge in [-0.05, 0) is 36.6 Å². The first-order chi connectivity index (χ1) is 14.7. The fraction of sp³-hybridized carbons (Fsp3) is 0.391. The molecule has 0 bridgehead atoms. The van der Waals surface area contributed by atoms with Gasteiger partial charge in [-0.3, -0.25) is 14.0 Å². The lowest BCUT2D eigenvalue weighted by molar-refractivity contribution is -0.119. The van der Waals surface area contributed by atoms with E-state index in [0.717, 1.165) is 59.9 Å². The Morgan fingerprint density at radius 1 is 1.10 bits per heavy atom. The molecule has 1 saturated heterocycles. The molecule has 2 aromatic rings. The van der Waals surface area contributed by atoms with E-state index in [1.807, 2.05) is 44.2 Å². The van der Waals surface area contributed by atoms with Crippen molar-refractivity contribution in [3.63, 3.8) is 0 Å². The van der Waals surface area contributed by atoms with Crippen LogP contribution in [0.2, 0.25) is 0 Å².